The molecule has 0 bridgehead atoms. The Hall–Kier alpha value is -0.0400. The lowest BCUT2D eigenvalue weighted by molar-refractivity contribution is 0.122. The summed E-state index contributed by atoms with van der Waals surface area (Å²) >= 11 is 0. The van der Waals surface area contributed by atoms with Gasteiger partial charge in [-0.3, -0.25) is 0 Å². The quantitative estimate of drug-likeness (QED) is 0.695. The van der Waals surface area contributed by atoms with Crippen molar-refractivity contribution in [1.82, 2.24) is 0 Å². The van der Waals surface area contributed by atoms with Gasteiger partial charge in [-0.15, -0.1) is 0 Å². The van der Waals surface area contributed by atoms with Crippen molar-refractivity contribution in [3.05, 3.63) is 0 Å². The van der Waals surface area contributed by atoms with Crippen LogP contribution in [-0.4, -0.2) is 5.54 Å². The molecule has 76 valence electrons. The first-order valence-electron chi connectivity index (χ1n) is 6.01. The lowest BCUT2D eigenvalue weighted by atomic mass is 9.66. The van der Waals surface area contributed by atoms with E-state index in [0.717, 1.165) is 0 Å². The Kier molecular flexibility index (Phi) is 2.39. The standard InChI is InChI=1S/C12H23N/c1-2-11(7-3-4-8-11)12(13)9-5-6-10-12/h2-10,13H2,1H3. The van der Waals surface area contributed by atoms with Crippen molar-refractivity contribution in [2.75, 3.05) is 0 Å². The molecule has 2 aliphatic rings. The van der Waals surface area contributed by atoms with Crippen LogP contribution in [0, 0.1) is 5.41 Å². The summed E-state index contributed by atoms with van der Waals surface area (Å²) in [4.78, 5) is 0. The molecular weight excluding hydrogens is 158 g/mol. The molecule has 0 aliphatic heterocycles. The van der Waals surface area contributed by atoms with E-state index < -0.39 is 0 Å². The largest absolute Gasteiger partial charge is 0.325 e. The Labute approximate surface area is 82.1 Å². The lowest BCUT2D eigenvalue weighted by Gasteiger charge is -2.44. The van der Waals surface area contributed by atoms with E-state index in [9.17, 15) is 0 Å². The van der Waals surface area contributed by atoms with Gasteiger partial charge in [-0.1, -0.05) is 32.6 Å². The predicted octanol–water partition coefficient (Wildman–Crippen LogP) is 3.23. The lowest BCUT2D eigenvalue weighted by Crippen LogP contribution is -2.52. The van der Waals surface area contributed by atoms with Crippen molar-refractivity contribution >= 4 is 0 Å². The second kappa shape index (κ2) is 3.27. The number of hydrogen-bond acceptors (Lipinski definition) is 1. The molecule has 2 rings (SSSR count). The fourth-order valence-corrected chi connectivity index (χ4v) is 3.79. The molecule has 0 aromatic carbocycles. The van der Waals surface area contributed by atoms with Gasteiger partial charge in [0.1, 0.15) is 0 Å². The van der Waals surface area contributed by atoms with E-state index in [-0.39, 0.29) is 5.54 Å². The Bertz CT molecular complexity index is 174. The molecule has 1 heteroatoms. The molecule has 1 nitrogen and oxygen atoms in total. The minimum Gasteiger partial charge on any atom is -0.325 e. The fraction of sp³-hybridized carbons (Fsp3) is 1.00. The summed E-state index contributed by atoms with van der Waals surface area (Å²) in [6, 6.07) is 0. The van der Waals surface area contributed by atoms with Crippen LogP contribution in [0.5, 0.6) is 0 Å². The Morgan fingerprint density at radius 2 is 1.38 bits per heavy atom. The van der Waals surface area contributed by atoms with E-state index in [0.29, 0.717) is 5.41 Å². The van der Waals surface area contributed by atoms with E-state index in [2.05, 4.69) is 6.92 Å². The zero-order valence-corrected chi connectivity index (χ0v) is 8.94. The van der Waals surface area contributed by atoms with E-state index in [1.54, 1.807) is 0 Å². The maximum absolute atomic E-state index is 6.61. The first kappa shape index (κ1) is 9.51. The molecule has 0 radical (unpaired) electrons. The first-order chi connectivity index (χ1) is 6.22. The molecule has 0 aromatic rings. The van der Waals surface area contributed by atoms with Gasteiger partial charge >= 0.3 is 0 Å². The van der Waals surface area contributed by atoms with Gasteiger partial charge in [0.2, 0.25) is 0 Å². The number of hydrogen-bond donors (Lipinski definition) is 1. The van der Waals surface area contributed by atoms with Gasteiger partial charge < -0.3 is 5.73 Å². The highest BCUT2D eigenvalue weighted by Crippen LogP contribution is 2.53. The van der Waals surface area contributed by atoms with E-state index in [4.69, 9.17) is 5.73 Å². The highest BCUT2D eigenvalue weighted by molar-refractivity contribution is 5.06. The number of nitrogens with two attached hydrogens (primary N) is 1. The van der Waals surface area contributed by atoms with Gasteiger partial charge in [0.25, 0.3) is 0 Å². The van der Waals surface area contributed by atoms with Crippen LogP contribution < -0.4 is 5.73 Å². The molecule has 0 aromatic heterocycles. The molecule has 0 spiro atoms. The average molecular weight is 181 g/mol. The molecule has 0 saturated heterocycles. The SMILES string of the molecule is CCC1(C2(N)CCCC2)CCCC1. The van der Waals surface area contributed by atoms with Crippen LogP contribution in [0.2, 0.25) is 0 Å². The molecule has 0 atom stereocenters. The van der Waals surface area contributed by atoms with Crippen molar-refractivity contribution in [2.24, 2.45) is 11.1 Å². The summed E-state index contributed by atoms with van der Waals surface area (Å²) in [6.07, 6.45) is 12.3. The van der Waals surface area contributed by atoms with Crippen molar-refractivity contribution in [1.29, 1.82) is 0 Å². The first-order valence-corrected chi connectivity index (χ1v) is 6.01. The van der Waals surface area contributed by atoms with Gasteiger partial charge in [0.15, 0.2) is 0 Å². The molecule has 2 saturated carbocycles. The van der Waals surface area contributed by atoms with Crippen LogP contribution >= 0.6 is 0 Å². The van der Waals surface area contributed by atoms with Crippen LogP contribution in [0.15, 0.2) is 0 Å². The molecule has 13 heavy (non-hydrogen) atoms. The summed E-state index contributed by atoms with van der Waals surface area (Å²) in [7, 11) is 0. The van der Waals surface area contributed by atoms with Crippen LogP contribution in [0.4, 0.5) is 0 Å². The minimum absolute atomic E-state index is 0.220. The van der Waals surface area contributed by atoms with Crippen LogP contribution in [0.3, 0.4) is 0 Å². The average Bonchev–Trinajstić information content (AvgIpc) is 2.73. The van der Waals surface area contributed by atoms with Crippen LogP contribution in [0.1, 0.15) is 64.7 Å². The Balaban J connectivity index is 2.18. The highest BCUT2D eigenvalue weighted by Gasteiger charge is 2.49. The molecule has 0 heterocycles. The van der Waals surface area contributed by atoms with Crippen molar-refractivity contribution < 1.29 is 0 Å². The van der Waals surface area contributed by atoms with Crippen molar-refractivity contribution in [3.8, 4) is 0 Å². The van der Waals surface area contributed by atoms with E-state index >= 15 is 0 Å². The molecular formula is C12H23N. The van der Waals surface area contributed by atoms with Crippen molar-refractivity contribution in [2.45, 2.75) is 70.3 Å². The Morgan fingerprint density at radius 1 is 0.923 bits per heavy atom. The third-order valence-electron chi connectivity index (χ3n) is 4.79. The second-order valence-corrected chi connectivity index (χ2v) is 5.20. The molecule has 2 aliphatic carbocycles. The van der Waals surface area contributed by atoms with Gasteiger partial charge in [-0.05, 0) is 37.5 Å². The van der Waals surface area contributed by atoms with Crippen molar-refractivity contribution in [3.63, 3.8) is 0 Å². The minimum atomic E-state index is 0.220. The van der Waals surface area contributed by atoms with Gasteiger partial charge in [0, 0.05) is 5.54 Å². The Morgan fingerprint density at radius 3 is 1.85 bits per heavy atom. The van der Waals surface area contributed by atoms with Gasteiger partial charge in [-0.2, -0.15) is 0 Å². The third-order valence-corrected chi connectivity index (χ3v) is 4.79. The second-order valence-electron chi connectivity index (χ2n) is 5.20. The predicted molar refractivity (Wildman–Crippen MR) is 56.6 cm³/mol. The molecule has 2 fully saturated rings. The van der Waals surface area contributed by atoms with Crippen LogP contribution in [0.25, 0.3) is 0 Å². The molecule has 0 unspecified atom stereocenters. The zero-order chi connectivity index (χ0) is 9.36. The van der Waals surface area contributed by atoms with E-state index in [1.807, 2.05) is 0 Å². The van der Waals surface area contributed by atoms with E-state index in [1.165, 1.54) is 57.8 Å². The third kappa shape index (κ3) is 1.32. The fourth-order valence-electron chi connectivity index (χ4n) is 3.79. The summed E-state index contributed by atoms with van der Waals surface area (Å²) in [5, 5.41) is 0. The summed E-state index contributed by atoms with van der Waals surface area (Å²) in [6.45, 7) is 2.35. The summed E-state index contributed by atoms with van der Waals surface area (Å²) in [5.41, 5.74) is 7.36. The maximum atomic E-state index is 6.61. The van der Waals surface area contributed by atoms with Gasteiger partial charge in [0.05, 0.1) is 0 Å². The topological polar surface area (TPSA) is 26.0 Å². The highest BCUT2D eigenvalue weighted by atomic mass is 14.8. The monoisotopic (exact) mass is 181 g/mol. The smallest absolute Gasteiger partial charge is 0.0211 e. The number of rotatable bonds is 2. The zero-order valence-electron chi connectivity index (χ0n) is 8.94. The summed E-state index contributed by atoms with van der Waals surface area (Å²) < 4.78 is 0. The molecule has 2 N–H and O–H groups in total. The van der Waals surface area contributed by atoms with Gasteiger partial charge in [-0.25, -0.2) is 0 Å². The normalized spacial score (nSPS) is 30.9. The van der Waals surface area contributed by atoms with Crippen LogP contribution in [-0.2, 0) is 0 Å². The maximum Gasteiger partial charge on any atom is 0.0211 e. The summed E-state index contributed by atoms with van der Waals surface area (Å²) in [5.74, 6) is 0. The molecule has 0 amide bonds.